The normalized spacial score (nSPS) is 18.8. The van der Waals surface area contributed by atoms with E-state index in [0.717, 1.165) is 11.6 Å². The highest BCUT2D eigenvalue weighted by Gasteiger charge is 2.50. The SMILES string of the molecule is O=C(OC1N=C[N+](c2cn[nH]c2)(C(CC=C(F)F)c2cccc(OCc3ccccc3)c2)c2[nH]ccc21)C(F)(F)F. The third-order valence-electron chi connectivity index (χ3n) is 6.62. The Balaban J connectivity index is 1.59. The van der Waals surface area contributed by atoms with E-state index >= 15 is 0 Å². The molecule has 3 atom stereocenters. The molecule has 3 heterocycles. The lowest BCUT2D eigenvalue weighted by Crippen LogP contribution is -2.49. The van der Waals surface area contributed by atoms with Crippen molar-refractivity contribution in [2.24, 2.45) is 4.99 Å². The van der Waals surface area contributed by atoms with Crippen molar-refractivity contribution in [3.8, 4) is 5.75 Å². The zero-order valence-corrected chi connectivity index (χ0v) is 21.2. The molecule has 0 spiro atoms. The number of halogens is 5. The van der Waals surface area contributed by atoms with Crippen LogP contribution in [0.2, 0.25) is 0 Å². The number of carbonyl (C=O) groups excluding carboxylic acids is 1. The molecular formula is C28H23F5N5O3+. The van der Waals surface area contributed by atoms with Gasteiger partial charge >= 0.3 is 12.1 Å². The Bertz CT molecular complexity index is 1550. The molecule has 0 amide bonds. The van der Waals surface area contributed by atoms with Gasteiger partial charge in [-0.1, -0.05) is 42.5 Å². The summed E-state index contributed by atoms with van der Waals surface area (Å²) < 4.78 is 76.2. The number of benzene rings is 2. The molecule has 2 N–H and O–H groups in total. The van der Waals surface area contributed by atoms with Crippen molar-refractivity contribution in [3.05, 3.63) is 108 Å². The lowest BCUT2D eigenvalue weighted by Gasteiger charge is -2.40. The summed E-state index contributed by atoms with van der Waals surface area (Å²) in [5.74, 6) is -1.67. The number of rotatable bonds is 9. The van der Waals surface area contributed by atoms with Gasteiger partial charge in [-0.2, -0.15) is 36.5 Å². The van der Waals surface area contributed by atoms with Crippen LogP contribution in [-0.2, 0) is 16.1 Å². The number of carbonyl (C=O) groups is 1. The van der Waals surface area contributed by atoms with Gasteiger partial charge in [0.1, 0.15) is 24.6 Å². The summed E-state index contributed by atoms with van der Waals surface area (Å²) in [6, 6.07) is 16.9. The number of aromatic nitrogens is 3. The van der Waals surface area contributed by atoms with Gasteiger partial charge in [-0.05, 0) is 29.8 Å². The highest BCUT2D eigenvalue weighted by molar-refractivity contribution is 5.86. The van der Waals surface area contributed by atoms with E-state index in [-0.39, 0.29) is 28.9 Å². The number of quaternary nitrogens is 1. The number of aromatic amines is 2. The molecule has 2 aromatic carbocycles. The van der Waals surface area contributed by atoms with Crippen LogP contribution in [0.4, 0.5) is 33.5 Å². The largest absolute Gasteiger partial charge is 0.491 e. The average molecular weight is 573 g/mol. The van der Waals surface area contributed by atoms with Crippen LogP contribution in [0.25, 0.3) is 0 Å². The number of ether oxygens (including phenoxy) is 2. The monoisotopic (exact) mass is 572 g/mol. The second kappa shape index (κ2) is 11.4. The Hall–Kier alpha value is -4.78. The fourth-order valence-electron chi connectivity index (χ4n) is 4.81. The molecule has 1 aliphatic heterocycles. The van der Waals surface area contributed by atoms with Gasteiger partial charge in [-0.3, -0.25) is 5.10 Å². The molecule has 4 aromatic rings. The van der Waals surface area contributed by atoms with Gasteiger partial charge in [-0.15, -0.1) is 0 Å². The van der Waals surface area contributed by atoms with Crippen LogP contribution in [0.1, 0.15) is 35.4 Å². The quantitative estimate of drug-likeness (QED) is 0.128. The van der Waals surface area contributed by atoms with Crippen molar-refractivity contribution in [1.29, 1.82) is 0 Å². The minimum atomic E-state index is -5.23. The van der Waals surface area contributed by atoms with Gasteiger partial charge in [0, 0.05) is 18.2 Å². The smallest absolute Gasteiger partial charge is 0.489 e. The molecule has 13 heteroatoms. The molecule has 0 aliphatic carbocycles. The molecule has 2 aromatic heterocycles. The standard InChI is InChI=1S/C28H23F5N5O3/c29-24(30)10-9-23(19-7-4-8-21(13-19)40-16-18-5-2-1-3-6-18)38(20-14-36-37-15-20)17-35-26(22-11-12-34-25(22)38)41-27(39)28(31,32)33/h1-8,10-15,17,23,26,34H,9,16H2,(H,36,37)/q+1. The zero-order chi connectivity index (χ0) is 29.0. The predicted octanol–water partition coefficient (Wildman–Crippen LogP) is 7.01. The number of nitrogens with one attached hydrogen (secondary N) is 2. The van der Waals surface area contributed by atoms with Crippen LogP contribution in [0, 0.1) is 0 Å². The van der Waals surface area contributed by atoms with E-state index in [2.05, 4.69) is 24.9 Å². The van der Waals surface area contributed by atoms with Crippen molar-refractivity contribution in [1.82, 2.24) is 19.7 Å². The summed E-state index contributed by atoms with van der Waals surface area (Å²) in [6.45, 7) is 0.268. The van der Waals surface area contributed by atoms with Gasteiger partial charge in [0.25, 0.3) is 6.08 Å². The summed E-state index contributed by atoms with van der Waals surface area (Å²) in [6.07, 6.45) is -2.51. The molecule has 3 unspecified atom stereocenters. The zero-order valence-electron chi connectivity index (χ0n) is 21.2. The fourth-order valence-corrected chi connectivity index (χ4v) is 4.81. The highest BCUT2D eigenvalue weighted by atomic mass is 19.4. The summed E-state index contributed by atoms with van der Waals surface area (Å²) in [5, 5.41) is 6.71. The molecule has 212 valence electrons. The Kier molecular flexibility index (Phi) is 7.70. The number of alkyl halides is 3. The molecule has 8 nitrogen and oxygen atoms in total. The number of fused-ring (bicyclic) bond motifs is 1. The molecule has 41 heavy (non-hydrogen) atoms. The van der Waals surface area contributed by atoms with Crippen molar-refractivity contribution >= 4 is 23.8 Å². The Morgan fingerprint density at radius 3 is 2.61 bits per heavy atom. The Morgan fingerprint density at radius 1 is 1.10 bits per heavy atom. The van der Waals surface area contributed by atoms with E-state index in [0.29, 0.717) is 17.0 Å². The molecule has 0 fully saturated rings. The van der Waals surface area contributed by atoms with E-state index < -0.39 is 30.5 Å². The lowest BCUT2D eigenvalue weighted by molar-refractivity contribution is -0.205. The van der Waals surface area contributed by atoms with Crippen LogP contribution in [0.5, 0.6) is 5.75 Å². The number of aliphatic imine (C=N–C) groups is 1. The third-order valence-corrected chi connectivity index (χ3v) is 6.62. The Morgan fingerprint density at radius 2 is 1.90 bits per heavy atom. The van der Waals surface area contributed by atoms with Crippen molar-refractivity contribution < 1.29 is 36.2 Å². The molecule has 1 aliphatic rings. The first-order valence-corrected chi connectivity index (χ1v) is 12.3. The number of hydrogen-bond acceptors (Lipinski definition) is 5. The summed E-state index contributed by atoms with van der Waals surface area (Å²) >= 11 is 0. The lowest BCUT2D eigenvalue weighted by atomic mass is 9.97. The highest BCUT2D eigenvalue weighted by Crippen LogP contribution is 2.49. The molecule has 0 saturated heterocycles. The maximum atomic E-state index is 13.5. The summed E-state index contributed by atoms with van der Waals surface area (Å²) in [5.41, 5.74) is 2.05. The molecule has 0 radical (unpaired) electrons. The van der Waals surface area contributed by atoms with Gasteiger partial charge in [-0.25, -0.2) is 4.79 Å². The second-order valence-corrected chi connectivity index (χ2v) is 9.13. The van der Waals surface area contributed by atoms with Crippen LogP contribution in [0.15, 0.2) is 96.4 Å². The molecule has 0 bridgehead atoms. The number of nitrogens with zero attached hydrogens (tertiary/aromatic N) is 3. The maximum absolute atomic E-state index is 13.5. The second-order valence-electron chi connectivity index (χ2n) is 9.13. The van der Waals surface area contributed by atoms with Crippen LogP contribution in [-0.4, -0.2) is 33.7 Å². The molecule has 0 saturated carbocycles. The van der Waals surface area contributed by atoms with Gasteiger partial charge in [0.05, 0.1) is 11.8 Å². The van der Waals surface area contributed by atoms with Gasteiger partial charge in [0.2, 0.25) is 18.4 Å². The first-order chi connectivity index (χ1) is 19.7. The Labute approximate surface area is 230 Å². The van der Waals surface area contributed by atoms with Crippen LogP contribution >= 0.6 is 0 Å². The van der Waals surface area contributed by atoms with E-state index in [4.69, 9.17) is 4.74 Å². The average Bonchev–Trinajstić information content (AvgIpc) is 3.67. The van der Waals surface area contributed by atoms with E-state index in [1.54, 1.807) is 24.3 Å². The molecule has 5 rings (SSSR count). The first kappa shape index (κ1) is 27.8. The third kappa shape index (κ3) is 5.75. The predicted molar refractivity (Wildman–Crippen MR) is 139 cm³/mol. The fraction of sp³-hybridized carbons (Fsp3) is 0.179. The first-order valence-electron chi connectivity index (χ1n) is 12.3. The minimum Gasteiger partial charge on any atom is -0.489 e. The van der Waals surface area contributed by atoms with Crippen LogP contribution in [0.3, 0.4) is 0 Å². The van der Waals surface area contributed by atoms with E-state index in [9.17, 15) is 26.7 Å². The summed E-state index contributed by atoms with van der Waals surface area (Å²) in [7, 11) is 0. The number of hydrogen-bond donors (Lipinski definition) is 2. The summed E-state index contributed by atoms with van der Waals surface area (Å²) in [4.78, 5) is 18.8. The van der Waals surface area contributed by atoms with E-state index in [1.165, 1.54) is 31.0 Å². The van der Waals surface area contributed by atoms with Crippen LogP contribution < -0.4 is 9.22 Å². The van der Waals surface area contributed by atoms with Gasteiger partial charge in [0.15, 0.2) is 5.69 Å². The maximum Gasteiger partial charge on any atom is 0.491 e. The molecular weight excluding hydrogens is 549 g/mol. The minimum absolute atomic E-state index is 0.123. The topological polar surface area (TPSA) is 92.4 Å². The van der Waals surface area contributed by atoms with Crippen molar-refractivity contribution in [3.63, 3.8) is 0 Å². The van der Waals surface area contributed by atoms with Crippen molar-refractivity contribution in [2.75, 3.05) is 0 Å². The number of esters is 1. The van der Waals surface area contributed by atoms with Crippen molar-refractivity contribution in [2.45, 2.75) is 31.5 Å². The van der Waals surface area contributed by atoms with Gasteiger partial charge < -0.3 is 14.5 Å². The number of H-pyrrole nitrogens is 2. The van der Waals surface area contributed by atoms with E-state index in [1.807, 2.05) is 30.3 Å².